The van der Waals surface area contributed by atoms with Gasteiger partial charge in [0, 0.05) is 31.7 Å². The zero-order valence-corrected chi connectivity index (χ0v) is 26.4. The summed E-state index contributed by atoms with van der Waals surface area (Å²) in [7, 11) is -3.23. The predicted octanol–water partition coefficient (Wildman–Crippen LogP) is 6.91. The van der Waals surface area contributed by atoms with E-state index in [-0.39, 0.29) is 43.3 Å². The molecule has 0 N–H and O–H groups in total. The minimum atomic E-state index is -5.02. The molecule has 1 saturated heterocycles. The molecule has 2 aliphatic rings. The number of amidine groups is 1. The summed E-state index contributed by atoms with van der Waals surface area (Å²) in [6.45, 7) is 4.83. The molecule has 244 valence electrons. The molecule has 2 aromatic carbocycles. The number of halogens is 5. The topological polar surface area (TPSA) is 65.5 Å². The highest BCUT2D eigenvalue weighted by Crippen LogP contribution is 2.41. The number of urea groups is 1. The van der Waals surface area contributed by atoms with E-state index < -0.39 is 39.8 Å². The van der Waals surface area contributed by atoms with Gasteiger partial charge in [0.1, 0.15) is 27.3 Å². The minimum absolute atomic E-state index is 0.0894. The van der Waals surface area contributed by atoms with Crippen molar-refractivity contribution < 1.29 is 35.7 Å². The van der Waals surface area contributed by atoms with Crippen LogP contribution in [0.25, 0.3) is 0 Å². The number of aryl methyl sites for hydroxylation is 1. The van der Waals surface area contributed by atoms with Gasteiger partial charge in [-0.25, -0.2) is 22.1 Å². The summed E-state index contributed by atoms with van der Waals surface area (Å²) in [6.07, 6.45) is 3.57. The van der Waals surface area contributed by atoms with Gasteiger partial charge in [0.15, 0.2) is 0 Å². The summed E-state index contributed by atoms with van der Waals surface area (Å²) < 4.78 is 86.4. The molecule has 3 unspecified atom stereocenters. The minimum Gasteiger partial charge on any atom is -0.496 e. The molecule has 3 atom stereocenters. The first-order valence-electron chi connectivity index (χ1n) is 14.4. The number of benzene rings is 2. The number of carbonyl (C=O) groups is 1. The van der Waals surface area contributed by atoms with Gasteiger partial charge in [-0.1, -0.05) is 61.0 Å². The molecular formula is C32H37F5N4O3S. The molecule has 0 aromatic heterocycles. The van der Waals surface area contributed by atoms with Crippen molar-refractivity contribution in [1.82, 2.24) is 14.1 Å². The Hall–Kier alpha value is -3.71. The summed E-state index contributed by atoms with van der Waals surface area (Å²) in [6, 6.07) is 9.75. The van der Waals surface area contributed by atoms with Gasteiger partial charge in [0.25, 0.3) is 6.43 Å². The summed E-state index contributed by atoms with van der Waals surface area (Å²) in [4.78, 5) is 22.4. The SMILES string of the molecule is C=S(=O)(N1CCN(C(=O)N2C(c3ccc(C(F)F)cc3OC)=NC(c3ccc(C)cc3)C2C(/C=C\C)=C/CC)CC1)C(F)(F)F. The van der Waals surface area contributed by atoms with E-state index in [1.807, 2.05) is 63.3 Å². The van der Waals surface area contributed by atoms with E-state index in [2.05, 4.69) is 5.87 Å². The molecule has 0 saturated carbocycles. The van der Waals surface area contributed by atoms with E-state index in [1.165, 1.54) is 35.1 Å². The molecule has 2 aromatic rings. The zero-order valence-electron chi connectivity index (χ0n) is 25.6. The Labute approximate surface area is 260 Å². The largest absolute Gasteiger partial charge is 0.496 e. The molecule has 0 bridgehead atoms. The van der Waals surface area contributed by atoms with E-state index in [1.54, 1.807) is 0 Å². The lowest BCUT2D eigenvalue weighted by atomic mass is 9.92. The fraction of sp³-hybridized carbons (Fsp3) is 0.406. The molecule has 2 aliphatic heterocycles. The second-order valence-corrected chi connectivity index (χ2v) is 13.0. The van der Waals surface area contributed by atoms with E-state index in [9.17, 15) is 31.0 Å². The Kier molecular flexibility index (Phi) is 10.4. The lowest BCUT2D eigenvalue weighted by Crippen LogP contribution is -2.57. The molecule has 2 amide bonds. The highest BCUT2D eigenvalue weighted by Gasteiger charge is 2.48. The van der Waals surface area contributed by atoms with E-state index in [4.69, 9.17) is 9.73 Å². The molecule has 2 heterocycles. The van der Waals surface area contributed by atoms with Gasteiger partial charge < -0.3 is 9.64 Å². The van der Waals surface area contributed by atoms with Crippen molar-refractivity contribution >= 4 is 27.4 Å². The molecule has 45 heavy (non-hydrogen) atoms. The van der Waals surface area contributed by atoms with Gasteiger partial charge in [-0.2, -0.15) is 13.2 Å². The van der Waals surface area contributed by atoms with E-state index >= 15 is 0 Å². The molecule has 13 heteroatoms. The number of carbonyl (C=O) groups excluding carboxylic acids is 1. The number of rotatable bonds is 8. The van der Waals surface area contributed by atoms with Crippen LogP contribution in [0, 0.1) is 6.92 Å². The molecule has 0 aliphatic carbocycles. The van der Waals surface area contributed by atoms with Crippen LogP contribution < -0.4 is 4.74 Å². The number of alkyl halides is 5. The monoisotopic (exact) mass is 652 g/mol. The third-order valence-corrected chi connectivity index (χ3v) is 9.76. The first kappa shape index (κ1) is 34.2. The third-order valence-electron chi connectivity index (χ3n) is 7.84. The molecule has 7 nitrogen and oxygen atoms in total. The van der Waals surface area contributed by atoms with Crippen molar-refractivity contribution in [1.29, 1.82) is 0 Å². The maximum Gasteiger partial charge on any atom is 0.476 e. The Balaban J connectivity index is 1.85. The number of allylic oxidation sites excluding steroid dienone is 2. The first-order valence-corrected chi connectivity index (χ1v) is 16.1. The fourth-order valence-corrected chi connectivity index (χ4v) is 6.56. The van der Waals surface area contributed by atoms with Crippen LogP contribution in [0.5, 0.6) is 5.75 Å². The third kappa shape index (κ3) is 6.94. The average molecular weight is 653 g/mol. The number of aliphatic imine (C=N–C) groups is 1. The second-order valence-electron chi connectivity index (χ2n) is 10.8. The van der Waals surface area contributed by atoms with Crippen LogP contribution in [0.15, 0.2) is 71.3 Å². The van der Waals surface area contributed by atoms with Gasteiger partial charge in [-0.15, -0.1) is 0 Å². The van der Waals surface area contributed by atoms with E-state index in [0.29, 0.717) is 12.0 Å². The number of amides is 2. The maximum absolute atomic E-state index is 14.5. The number of piperazine rings is 1. The highest BCUT2D eigenvalue weighted by atomic mass is 32.2. The molecule has 0 radical (unpaired) electrons. The lowest BCUT2D eigenvalue weighted by Gasteiger charge is -2.40. The Morgan fingerprint density at radius 3 is 2.31 bits per heavy atom. The van der Waals surface area contributed by atoms with Gasteiger partial charge in [0.05, 0.1) is 18.7 Å². The Bertz CT molecular complexity index is 1580. The number of nitrogens with zero attached hydrogens (tertiary/aromatic N) is 4. The average Bonchev–Trinajstić information content (AvgIpc) is 3.40. The van der Waals surface area contributed by atoms with Crippen LogP contribution in [0.4, 0.5) is 26.7 Å². The molecular weight excluding hydrogens is 615 g/mol. The zero-order chi connectivity index (χ0) is 33.1. The summed E-state index contributed by atoms with van der Waals surface area (Å²) >= 11 is 0. The van der Waals surface area contributed by atoms with Crippen LogP contribution in [-0.4, -0.2) is 80.9 Å². The van der Waals surface area contributed by atoms with Crippen LogP contribution in [-0.2, 0) is 9.71 Å². The Morgan fingerprint density at radius 2 is 1.78 bits per heavy atom. The molecule has 0 spiro atoms. The quantitative estimate of drug-likeness (QED) is 0.177. The van der Waals surface area contributed by atoms with Gasteiger partial charge >= 0.3 is 11.5 Å². The first-order chi connectivity index (χ1) is 21.2. The van der Waals surface area contributed by atoms with Crippen LogP contribution in [0.1, 0.15) is 55.0 Å². The smallest absolute Gasteiger partial charge is 0.476 e. The second kappa shape index (κ2) is 13.7. The number of hydrogen-bond donors (Lipinski definition) is 0. The Morgan fingerprint density at radius 1 is 1.13 bits per heavy atom. The van der Waals surface area contributed by atoms with E-state index in [0.717, 1.165) is 21.0 Å². The van der Waals surface area contributed by atoms with Gasteiger partial charge in [0.2, 0.25) is 0 Å². The van der Waals surface area contributed by atoms with Crippen molar-refractivity contribution in [3.63, 3.8) is 0 Å². The number of methoxy groups -OCH3 is 1. The van der Waals surface area contributed by atoms with Gasteiger partial charge in [-0.05, 0) is 49.4 Å². The van der Waals surface area contributed by atoms with Crippen molar-refractivity contribution in [2.75, 3.05) is 33.3 Å². The van der Waals surface area contributed by atoms with Crippen molar-refractivity contribution in [2.24, 2.45) is 4.99 Å². The standard InChI is InChI=1S/C32H37F5N4O3S/c1-6-8-23(9-7-2)28-27(22-12-10-21(3)11-13-22)38-30(25-15-14-24(29(33)34)20-26(25)44-4)41(28)31(42)39-16-18-40(19-17-39)45(5,43)32(35,36)37/h6,8-15,20,27-29H,5,7,16-19H2,1-4H3/b8-6-,23-9+. The van der Waals surface area contributed by atoms with Crippen LogP contribution in [0.2, 0.25) is 0 Å². The predicted molar refractivity (Wildman–Crippen MR) is 167 cm³/mol. The number of ether oxygens (including phenoxy) is 1. The number of hydrogen-bond acceptors (Lipinski definition) is 4. The van der Waals surface area contributed by atoms with Crippen LogP contribution >= 0.6 is 0 Å². The maximum atomic E-state index is 14.5. The van der Waals surface area contributed by atoms with Crippen molar-refractivity contribution in [2.45, 2.75) is 51.2 Å². The summed E-state index contributed by atoms with van der Waals surface area (Å²) in [5.41, 5.74) is -2.38. The summed E-state index contributed by atoms with van der Waals surface area (Å²) in [5.74, 6) is 3.21. The van der Waals surface area contributed by atoms with Crippen LogP contribution in [0.3, 0.4) is 0 Å². The fourth-order valence-electron chi connectivity index (χ4n) is 5.52. The highest BCUT2D eigenvalue weighted by molar-refractivity contribution is 7.98. The molecule has 4 rings (SSSR count). The van der Waals surface area contributed by atoms with Crippen molar-refractivity contribution in [3.8, 4) is 5.75 Å². The lowest BCUT2D eigenvalue weighted by molar-refractivity contribution is -0.0444. The molecule has 1 fully saturated rings. The van der Waals surface area contributed by atoms with Crippen molar-refractivity contribution in [3.05, 3.63) is 88.5 Å². The summed E-state index contributed by atoms with van der Waals surface area (Å²) in [5, 5.41) is 0. The normalized spacial score (nSPS) is 21.4. The van der Waals surface area contributed by atoms with Gasteiger partial charge in [-0.3, -0.25) is 9.89 Å².